The van der Waals surface area contributed by atoms with Gasteiger partial charge in [0.1, 0.15) is 6.07 Å². The molecule has 0 aromatic carbocycles. The quantitative estimate of drug-likeness (QED) is 0.880. The normalized spacial score (nSPS) is 25.7. The fourth-order valence-electron chi connectivity index (χ4n) is 2.68. The van der Waals surface area contributed by atoms with Gasteiger partial charge in [-0.2, -0.15) is 5.26 Å². The molecular weight excluding hydrogens is 254 g/mol. The van der Waals surface area contributed by atoms with Crippen LogP contribution in [0.2, 0.25) is 0 Å². The van der Waals surface area contributed by atoms with Crippen LogP contribution in [0.5, 0.6) is 0 Å². The van der Waals surface area contributed by atoms with E-state index < -0.39 is 11.4 Å². The highest BCUT2D eigenvalue weighted by Gasteiger charge is 2.41. The minimum absolute atomic E-state index is 0.343. The molecule has 20 heavy (non-hydrogen) atoms. The van der Waals surface area contributed by atoms with Crippen molar-refractivity contribution in [2.75, 3.05) is 11.9 Å². The van der Waals surface area contributed by atoms with Crippen LogP contribution in [-0.4, -0.2) is 22.6 Å². The largest absolute Gasteiger partial charge is 0.481 e. The predicted octanol–water partition coefficient (Wildman–Crippen LogP) is 2.65. The van der Waals surface area contributed by atoms with Crippen LogP contribution in [0.3, 0.4) is 0 Å². The molecule has 1 aliphatic carbocycles. The van der Waals surface area contributed by atoms with Gasteiger partial charge in [0.2, 0.25) is 0 Å². The molecule has 5 heteroatoms. The number of nitrogens with zero attached hydrogens (tertiary/aromatic N) is 2. The molecule has 0 spiro atoms. The number of hydrogen-bond donors (Lipinski definition) is 2. The van der Waals surface area contributed by atoms with Crippen LogP contribution in [0.25, 0.3) is 0 Å². The van der Waals surface area contributed by atoms with Crippen molar-refractivity contribution in [1.29, 1.82) is 5.26 Å². The minimum atomic E-state index is -0.751. The van der Waals surface area contributed by atoms with Gasteiger partial charge >= 0.3 is 5.97 Å². The third-order valence-electron chi connectivity index (χ3n) is 4.24. The summed E-state index contributed by atoms with van der Waals surface area (Å²) in [6, 6.07) is 3.71. The molecule has 0 bridgehead atoms. The Morgan fingerprint density at radius 1 is 1.60 bits per heavy atom. The second kappa shape index (κ2) is 5.91. The maximum absolute atomic E-state index is 11.6. The van der Waals surface area contributed by atoms with Crippen LogP contribution in [0.15, 0.2) is 18.5 Å². The molecule has 1 fully saturated rings. The number of pyridine rings is 1. The standard InChI is InChI=1S/C15H19N3O2/c1-11-2-5-15(6-3-11,14(19)20)10-18-13-9-17-7-4-12(13)8-16/h4,7,9,11,18H,2-3,5-6,10H2,1H3,(H,19,20). The molecule has 0 unspecified atom stereocenters. The van der Waals surface area contributed by atoms with Crippen molar-refractivity contribution >= 4 is 11.7 Å². The Balaban J connectivity index is 2.10. The summed E-state index contributed by atoms with van der Waals surface area (Å²) in [7, 11) is 0. The average Bonchev–Trinajstić information content (AvgIpc) is 2.47. The smallest absolute Gasteiger partial charge is 0.311 e. The van der Waals surface area contributed by atoms with Crippen molar-refractivity contribution in [2.45, 2.75) is 32.6 Å². The Kier molecular flexibility index (Phi) is 4.23. The van der Waals surface area contributed by atoms with E-state index in [4.69, 9.17) is 5.26 Å². The van der Waals surface area contributed by atoms with Crippen molar-refractivity contribution in [3.63, 3.8) is 0 Å². The lowest BCUT2D eigenvalue weighted by Crippen LogP contribution is -2.41. The lowest BCUT2D eigenvalue weighted by atomic mass is 9.70. The van der Waals surface area contributed by atoms with Gasteiger partial charge in [-0.3, -0.25) is 9.78 Å². The summed E-state index contributed by atoms with van der Waals surface area (Å²) in [6.45, 7) is 2.50. The maximum atomic E-state index is 11.6. The van der Waals surface area contributed by atoms with Crippen LogP contribution in [-0.2, 0) is 4.79 Å². The van der Waals surface area contributed by atoms with Crippen LogP contribution in [0.4, 0.5) is 5.69 Å². The monoisotopic (exact) mass is 273 g/mol. The first kappa shape index (κ1) is 14.3. The second-order valence-electron chi connectivity index (χ2n) is 5.65. The Bertz CT molecular complexity index is 528. The first-order valence-corrected chi connectivity index (χ1v) is 6.89. The van der Waals surface area contributed by atoms with E-state index in [-0.39, 0.29) is 0 Å². The molecule has 0 amide bonds. The summed E-state index contributed by atoms with van der Waals surface area (Å²) in [5.41, 5.74) is 0.369. The molecule has 0 saturated heterocycles. The summed E-state index contributed by atoms with van der Waals surface area (Å²) in [4.78, 5) is 15.6. The van der Waals surface area contributed by atoms with Crippen LogP contribution < -0.4 is 5.32 Å². The third-order valence-corrected chi connectivity index (χ3v) is 4.24. The van der Waals surface area contributed by atoms with E-state index in [9.17, 15) is 9.90 Å². The number of aliphatic carboxylic acids is 1. The Hall–Kier alpha value is -2.09. The fourth-order valence-corrected chi connectivity index (χ4v) is 2.68. The molecule has 2 N–H and O–H groups in total. The number of anilines is 1. The van der Waals surface area contributed by atoms with Gasteiger partial charge in [-0.05, 0) is 37.7 Å². The highest BCUT2D eigenvalue weighted by Crippen LogP contribution is 2.39. The van der Waals surface area contributed by atoms with Gasteiger partial charge in [0.15, 0.2) is 0 Å². The van der Waals surface area contributed by atoms with E-state index in [1.807, 2.05) is 0 Å². The molecule has 5 nitrogen and oxygen atoms in total. The summed E-state index contributed by atoms with van der Waals surface area (Å²) in [6.07, 6.45) is 6.36. The van der Waals surface area contributed by atoms with E-state index in [1.165, 1.54) is 0 Å². The summed E-state index contributed by atoms with van der Waals surface area (Å²) < 4.78 is 0. The van der Waals surface area contributed by atoms with Crippen molar-refractivity contribution in [3.05, 3.63) is 24.0 Å². The van der Waals surface area contributed by atoms with Crippen molar-refractivity contribution < 1.29 is 9.90 Å². The lowest BCUT2D eigenvalue weighted by Gasteiger charge is -2.36. The number of aromatic nitrogens is 1. The van der Waals surface area contributed by atoms with Crippen LogP contribution in [0.1, 0.15) is 38.2 Å². The molecule has 0 atom stereocenters. The van der Waals surface area contributed by atoms with Gasteiger partial charge in [-0.25, -0.2) is 0 Å². The number of carbonyl (C=O) groups is 1. The van der Waals surface area contributed by atoms with E-state index in [0.29, 0.717) is 36.6 Å². The summed E-state index contributed by atoms with van der Waals surface area (Å²) in [5, 5.41) is 21.7. The second-order valence-corrected chi connectivity index (χ2v) is 5.65. The first-order chi connectivity index (χ1) is 9.57. The van der Waals surface area contributed by atoms with E-state index in [0.717, 1.165) is 12.8 Å². The van der Waals surface area contributed by atoms with E-state index in [1.54, 1.807) is 18.5 Å². The van der Waals surface area contributed by atoms with E-state index in [2.05, 4.69) is 23.3 Å². The fraction of sp³-hybridized carbons (Fsp3) is 0.533. The molecular formula is C15H19N3O2. The SMILES string of the molecule is CC1CCC(CNc2cnccc2C#N)(C(=O)O)CC1. The molecule has 1 aliphatic rings. The Labute approximate surface area is 118 Å². The zero-order valence-corrected chi connectivity index (χ0v) is 11.6. The van der Waals surface area contributed by atoms with Gasteiger partial charge in [-0.1, -0.05) is 6.92 Å². The van der Waals surface area contributed by atoms with Crippen molar-refractivity contribution in [1.82, 2.24) is 4.98 Å². The average molecular weight is 273 g/mol. The maximum Gasteiger partial charge on any atom is 0.311 e. The number of nitriles is 1. The Morgan fingerprint density at radius 2 is 2.30 bits per heavy atom. The zero-order chi connectivity index (χ0) is 14.6. The zero-order valence-electron chi connectivity index (χ0n) is 11.6. The molecule has 1 saturated carbocycles. The summed E-state index contributed by atoms with van der Waals surface area (Å²) >= 11 is 0. The number of nitrogens with one attached hydrogen (secondary N) is 1. The van der Waals surface area contributed by atoms with Gasteiger partial charge < -0.3 is 10.4 Å². The number of carboxylic acid groups (broad SMARTS) is 1. The number of carboxylic acids is 1. The molecule has 2 rings (SSSR count). The molecule has 1 aromatic rings. The lowest BCUT2D eigenvalue weighted by molar-refractivity contribution is -0.150. The van der Waals surface area contributed by atoms with Gasteiger partial charge in [0, 0.05) is 12.7 Å². The van der Waals surface area contributed by atoms with Crippen molar-refractivity contribution in [2.24, 2.45) is 11.3 Å². The third kappa shape index (κ3) is 2.90. The van der Waals surface area contributed by atoms with Gasteiger partial charge in [0.25, 0.3) is 0 Å². The molecule has 1 heterocycles. The van der Waals surface area contributed by atoms with Gasteiger partial charge in [0.05, 0.1) is 22.9 Å². The number of rotatable bonds is 4. The van der Waals surface area contributed by atoms with Crippen LogP contribution >= 0.6 is 0 Å². The topological polar surface area (TPSA) is 86.0 Å². The van der Waals surface area contributed by atoms with Crippen LogP contribution in [0, 0.1) is 22.7 Å². The molecule has 106 valence electrons. The minimum Gasteiger partial charge on any atom is -0.481 e. The van der Waals surface area contributed by atoms with E-state index >= 15 is 0 Å². The summed E-state index contributed by atoms with van der Waals surface area (Å²) in [5.74, 6) is -0.158. The molecule has 1 aromatic heterocycles. The first-order valence-electron chi connectivity index (χ1n) is 6.89. The van der Waals surface area contributed by atoms with Gasteiger partial charge in [-0.15, -0.1) is 0 Å². The molecule has 0 aliphatic heterocycles. The highest BCUT2D eigenvalue weighted by atomic mass is 16.4. The number of hydrogen-bond acceptors (Lipinski definition) is 4. The highest BCUT2D eigenvalue weighted by molar-refractivity contribution is 5.76. The molecule has 0 radical (unpaired) electrons. The Morgan fingerprint density at radius 3 is 2.90 bits per heavy atom. The van der Waals surface area contributed by atoms with Crippen molar-refractivity contribution in [3.8, 4) is 6.07 Å². The predicted molar refractivity (Wildman–Crippen MR) is 75.1 cm³/mol.